The fourth-order valence-corrected chi connectivity index (χ4v) is 2.49. The Bertz CT molecular complexity index is 879. The number of rotatable bonds is 2. The van der Waals surface area contributed by atoms with Gasteiger partial charge >= 0.3 is 5.97 Å². The van der Waals surface area contributed by atoms with Crippen molar-refractivity contribution in [2.75, 3.05) is 0 Å². The lowest BCUT2D eigenvalue weighted by Crippen LogP contribution is -1.97. The van der Waals surface area contributed by atoms with Crippen LogP contribution in [0.5, 0.6) is 0 Å². The summed E-state index contributed by atoms with van der Waals surface area (Å²) in [6.07, 6.45) is 1.45. The second-order valence-corrected chi connectivity index (χ2v) is 4.71. The molecule has 0 bridgehead atoms. The number of nitrogens with zero attached hydrogens (tertiary/aromatic N) is 1. The molecule has 3 rings (SSSR count). The van der Waals surface area contributed by atoms with Gasteiger partial charge in [-0.2, -0.15) is 5.26 Å². The van der Waals surface area contributed by atoms with Gasteiger partial charge in [0.2, 0.25) is 0 Å². The zero-order valence-electron chi connectivity index (χ0n) is 11.1. The third-order valence-corrected chi connectivity index (χ3v) is 3.45. The quantitative estimate of drug-likeness (QED) is 0.436. The zero-order valence-corrected chi connectivity index (χ0v) is 11.1. The van der Waals surface area contributed by atoms with Crippen LogP contribution < -0.4 is 0 Å². The van der Waals surface area contributed by atoms with E-state index in [4.69, 9.17) is 10.4 Å². The van der Waals surface area contributed by atoms with Crippen LogP contribution in [0.2, 0.25) is 0 Å². The number of nitriles is 1. The highest BCUT2D eigenvalue weighted by Crippen LogP contribution is 2.30. The summed E-state index contributed by atoms with van der Waals surface area (Å²) in [6, 6.07) is 19.3. The maximum absolute atomic E-state index is 11.1. The van der Waals surface area contributed by atoms with Gasteiger partial charge < -0.3 is 5.11 Å². The van der Waals surface area contributed by atoms with Crippen LogP contribution in [-0.2, 0) is 4.79 Å². The highest BCUT2D eigenvalue weighted by atomic mass is 16.4. The number of aliphatic carboxylic acids is 1. The molecule has 21 heavy (non-hydrogen) atoms. The molecular formula is C18H11NO2. The van der Waals surface area contributed by atoms with E-state index in [-0.39, 0.29) is 5.57 Å². The summed E-state index contributed by atoms with van der Waals surface area (Å²) in [4.78, 5) is 11.1. The van der Waals surface area contributed by atoms with E-state index in [1.807, 2.05) is 48.5 Å². The normalized spacial score (nSPS) is 11.5. The molecule has 3 aromatic carbocycles. The van der Waals surface area contributed by atoms with Crippen molar-refractivity contribution in [1.29, 1.82) is 5.26 Å². The lowest BCUT2D eigenvalue weighted by Gasteiger charge is -2.08. The molecule has 0 atom stereocenters. The molecule has 0 aliphatic carbocycles. The molecule has 0 radical (unpaired) electrons. The average Bonchev–Trinajstić information content (AvgIpc) is 2.51. The number of carboxylic acids is 1. The van der Waals surface area contributed by atoms with E-state index in [0.29, 0.717) is 0 Å². The van der Waals surface area contributed by atoms with E-state index in [1.165, 1.54) is 6.08 Å². The van der Waals surface area contributed by atoms with Crippen molar-refractivity contribution in [1.82, 2.24) is 0 Å². The predicted molar refractivity (Wildman–Crippen MR) is 82.7 cm³/mol. The summed E-state index contributed by atoms with van der Waals surface area (Å²) in [5, 5.41) is 22.0. The summed E-state index contributed by atoms with van der Waals surface area (Å²) >= 11 is 0. The highest BCUT2D eigenvalue weighted by molar-refractivity contribution is 6.09. The lowest BCUT2D eigenvalue weighted by atomic mass is 9.95. The lowest BCUT2D eigenvalue weighted by molar-refractivity contribution is -0.132. The number of fused-ring (bicyclic) bond motifs is 2. The highest BCUT2D eigenvalue weighted by Gasteiger charge is 2.10. The first-order valence-electron chi connectivity index (χ1n) is 6.46. The Labute approximate surface area is 121 Å². The minimum Gasteiger partial charge on any atom is -0.477 e. The van der Waals surface area contributed by atoms with E-state index in [1.54, 1.807) is 6.07 Å². The molecular weight excluding hydrogens is 262 g/mol. The smallest absolute Gasteiger partial charge is 0.346 e. The summed E-state index contributed by atoms with van der Waals surface area (Å²) in [6.45, 7) is 0. The van der Waals surface area contributed by atoms with Crippen molar-refractivity contribution in [3.63, 3.8) is 0 Å². The van der Waals surface area contributed by atoms with Crippen molar-refractivity contribution in [2.45, 2.75) is 0 Å². The van der Waals surface area contributed by atoms with Crippen molar-refractivity contribution in [2.24, 2.45) is 0 Å². The molecule has 100 valence electrons. The van der Waals surface area contributed by atoms with E-state index in [2.05, 4.69) is 6.07 Å². The number of hydrogen-bond donors (Lipinski definition) is 1. The first kappa shape index (κ1) is 12.9. The summed E-state index contributed by atoms with van der Waals surface area (Å²) in [5.74, 6) is -1.21. The molecule has 3 nitrogen and oxygen atoms in total. The first-order valence-corrected chi connectivity index (χ1v) is 6.46. The second-order valence-electron chi connectivity index (χ2n) is 4.71. The first-order chi connectivity index (χ1) is 10.2. The Balaban J connectivity index is 2.47. The molecule has 1 N–H and O–H groups in total. The number of carbonyl (C=O) groups is 1. The Hall–Kier alpha value is -3.12. The Morgan fingerprint density at radius 1 is 1.00 bits per heavy atom. The molecule has 0 heterocycles. The van der Waals surface area contributed by atoms with Gasteiger partial charge in [-0.15, -0.1) is 0 Å². The van der Waals surface area contributed by atoms with E-state index in [0.717, 1.165) is 27.1 Å². The van der Waals surface area contributed by atoms with Crippen molar-refractivity contribution >= 4 is 33.6 Å². The van der Waals surface area contributed by atoms with Gasteiger partial charge in [0, 0.05) is 0 Å². The average molecular weight is 273 g/mol. The van der Waals surface area contributed by atoms with Gasteiger partial charge in [-0.1, -0.05) is 48.5 Å². The molecule has 0 aliphatic rings. The number of benzene rings is 3. The molecule has 0 saturated heterocycles. The Kier molecular flexibility index (Phi) is 3.13. The predicted octanol–water partition coefficient (Wildman–Crippen LogP) is 3.98. The second kappa shape index (κ2) is 5.10. The van der Waals surface area contributed by atoms with Crippen molar-refractivity contribution in [3.05, 3.63) is 65.7 Å². The summed E-state index contributed by atoms with van der Waals surface area (Å²) in [7, 11) is 0. The van der Waals surface area contributed by atoms with Gasteiger partial charge in [-0.05, 0) is 39.3 Å². The van der Waals surface area contributed by atoms with E-state index >= 15 is 0 Å². The van der Waals surface area contributed by atoms with Gasteiger partial charge in [0.15, 0.2) is 0 Å². The molecule has 0 amide bonds. The van der Waals surface area contributed by atoms with Crippen LogP contribution in [0.1, 0.15) is 5.56 Å². The number of carboxylic acid groups (broad SMARTS) is 1. The van der Waals surface area contributed by atoms with Crippen LogP contribution >= 0.6 is 0 Å². The molecule has 0 aromatic heterocycles. The van der Waals surface area contributed by atoms with Gasteiger partial charge in [0.25, 0.3) is 0 Å². The molecule has 0 aliphatic heterocycles. The summed E-state index contributed by atoms with van der Waals surface area (Å²) < 4.78 is 0. The largest absolute Gasteiger partial charge is 0.477 e. The zero-order chi connectivity index (χ0) is 14.8. The van der Waals surface area contributed by atoms with Crippen LogP contribution in [0.25, 0.3) is 27.6 Å². The Morgan fingerprint density at radius 3 is 2.00 bits per heavy atom. The van der Waals surface area contributed by atoms with E-state index < -0.39 is 5.97 Å². The maximum atomic E-state index is 11.1. The minimum absolute atomic E-state index is 0.267. The van der Waals surface area contributed by atoms with Gasteiger partial charge in [0.1, 0.15) is 11.6 Å². The van der Waals surface area contributed by atoms with Crippen LogP contribution in [0.4, 0.5) is 0 Å². The minimum atomic E-state index is -1.21. The Morgan fingerprint density at radius 2 is 1.52 bits per heavy atom. The topological polar surface area (TPSA) is 61.1 Å². The van der Waals surface area contributed by atoms with Gasteiger partial charge in [-0.3, -0.25) is 0 Å². The van der Waals surface area contributed by atoms with Gasteiger partial charge in [-0.25, -0.2) is 4.79 Å². The third-order valence-electron chi connectivity index (χ3n) is 3.45. The fourth-order valence-electron chi connectivity index (χ4n) is 2.49. The van der Waals surface area contributed by atoms with Crippen molar-refractivity contribution < 1.29 is 9.90 Å². The molecule has 0 fully saturated rings. The van der Waals surface area contributed by atoms with Crippen LogP contribution in [-0.4, -0.2) is 11.1 Å². The van der Waals surface area contributed by atoms with Crippen molar-refractivity contribution in [3.8, 4) is 6.07 Å². The summed E-state index contributed by atoms with van der Waals surface area (Å²) in [5.41, 5.74) is 0.499. The monoisotopic (exact) mass is 273 g/mol. The number of hydrogen-bond acceptors (Lipinski definition) is 2. The van der Waals surface area contributed by atoms with Crippen LogP contribution in [0.15, 0.2) is 60.2 Å². The standard InChI is InChI=1S/C18H11NO2/c19-11-14(18(20)21)10-17-15-7-3-1-5-12(15)9-13-6-2-4-8-16(13)17/h1-10H,(H,20,21). The molecule has 3 heteroatoms. The molecule has 0 saturated carbocycles. The van der Waals surface area contributed by atoms with Crippen LogP contribution in [0, 0.1) is 11.3 Å². The van der Waals surface area contributed by atoms with E-state index in [9.17, 15) is 4.79 Å². The molecule has 0 unspecified atom stereocenters. The maximum Gasteiger partial charge on any atom is 0.346 e. The fraction of sp³-hybridized carbons (Fsp3) is 0. The van der Waals surface area contributed by atoms with Crippen LogP contribution in [0.3, 0.4) is 0 Å². The third kappa shape index (κ3) is 2.24. The molecule has 0 spiro atoms. The molecule has 3 aromatic rings. The van der Waals surface area contributed by atoms with Gasteiger partial charge in [0.05, 0.1) is 0 Å². The SMILES string of the molecule is N#CC(=Cc1c2ccccc2cc2ccccc12)C(=O)O.